The smallest absolute Gasteiger partial charge is 0.267 e. The van der Waals surface area contributed by atoms with Crippen molar-refractivity contribution in [3.05, 3.63) is 89.3 Å². The predicted octanol–water partition coefficient (Wildman–Crippen LogP) is 4.88. The lowest BCUT2D eigenvalue weighted by Crippen LogP contribution is -2.42. The van der Waals surface area contributed by atoms with E-state index in [-0.39, 0.29) is 28.7 Å². The van der Waals surface area contributed by atoms with Crippen LogP contribution in [0.4, 0.5) is 10.2 Å². The largest absolute Gasteiger partial charge is 0.504 e. The molecule has 0 unspecified atom stereocenters. The summed E-state index contributed by atoms with van der Waals surface area (Å²) < 4.78 is 25.7. The van der Waals surface area contributed by atoms with Crippen LogP contribution in [0.5, 0.6) is 11.5 Å². The molecule has 4 aromatic rings. The molecule has 1 amide bonds. The van der Waals surface area contributed by atoms with Crippen LogP contribution in [0, 0.1) is 28.5 Å². The minimum absolute atomic E-state index is 0.0968. The number of halogens is 1. The van der Waals surface area contributed by atoms with Crippen molar-refractivity contribution in [3.8, 4) is 45.9 Å². The first kappa shape index (κ1) is 30.8. The van der Waals surface area contributed by atoms with Gasteiger partial charge in [0, 0.05) is 42.5 Å². The molecule has 1 fully saturated rings. The second-order valence-electron chi connectivity index (χ2n) is 10.3. The first-order chi connectivity index (χ1) is 21.8. The van der Waals surface area contributed by atoms with Gasteiger partial charge in [0.05, 0.1) is 19.2 Å². The second kappa shape index (κ2) is 13.7. The molecule has 2 aromatic carbocycles. The SMILES string of the molecule is COc1ccc(-c2cnc(N3CCC(NCc4ccc(/C=C/C(=O)NO)o4)CC3)c(C#N)c2-c2ccc(C#N)c(F)c2)cc1O. The number of anilines is 1. The number of methoxy groups -OCH3 is 1. The Balaban J connectivity index is 1.38. The number of phenolic OH excluding ortho intramolecular Hbond substituents is 1. The Morgan fingerprint density at radius 1 is 1.16 bits per heavy atom. The van der Waals surface area contributed by atoms with Gasteiger partial charge in [-0.15, -0.1) is 0 Å². The van der Waals surface area contributed by atoms with E-state index in [1.54, 1.807) is 36.5 Å². The van der Waals surface area contributed by atoms with E-state index in [9.17, 15) is 24.8 Å². The highest BCUT2D eigenvalue weighted by atomic mass is 19.1. The molecule has 228 valence electrons. The number of rotatable bonds is 9. The molecule has 5 rings (SSSR count). The number of hydrogen-bond donors (Lipinski definition) is 4. The number of nitrogens with zero attached hydrogens (tertiary/aromatic N) is 4. The van der Waals surface area contributed by atoms with Crippen molar-refractivity contribution in [2.24, 2.45) is 0 Å². The molecule has 4 N–H and O–H groups in total. The number of ether oxygens (including phenoxy) is 1. The normalized spacial score (nSPS) is 13.4. The molecule has 1 aliphatic rings. The number of furan rings is 1. The molecule has 0 bridgehead atoms. The quantitative estimate of drug-likeness (QED) is 0.117. The third-order valence-corrected chi connectivity index (χ3v) is 7.59. The van der Waals surface area contributed by atoms with Crippen molar-refractivity contribution in [2.75, 3.05) is 25.1 Å². The van der Waals surface area contributed by atoms with Gasteiger partial charge in [-0.1, -0.05) is 12.1 Å². The van der Waals surface area contributed by atoms with E-state index in [0.29, 0.717) is 59.2 Å². The summed E-state index contributed by atoms with van der Waals surface area (Å²) in [6.45, 7) is 1.68. The second-order valence-corrected chi connectivity index (χ2v) is 10.3. The number of hydrogen-bond acceptors (Lipinski definition) is 10. The third-order valence-electron chi connectivity index (χ3n) is 7.59. The monoisotopic (exact) mass is 608 g/mol. The molecule has 0 spiro atoms. The Morgan fingerprint density at radius 3 is 2.60 bits per heavy atom. The highest BCUT2D eigenvalue weighted by Gasteiger charge is 2.26. The summed E-state index contributed by atoms with van der Waals surface area (Å²) in [5, 5.41) is 42.2. The van der Waals surface area contributed by atoms with Gasteiger partial charge in [0.25, 0.3) is 5.91 Å². The number of nitrogens with one attached hydrogen (secondary N) is 2. The van der Waals surface area contributed by atoms with Gasteiger partial charge in [0.15, 0.2) is 11.5 Å². The fourth-order valence-corrected chi connectivity index (χ4v) is 5.30. The van der Waals surface area contributed by atoms with Gasteiger partial charge < -0.3 is 24.5 Å². The van der Waals surface area contributed by atoms with Crippen LogP contribution in [0.3, 0.4) is 0 Å². The third kappa shape index (κ3) is 6.78. The topological polar surface area (TPSA) is 168 Å². The molecule has 3 heterocycles. The molecular weight excluding hydrogens is 579 g/mol. The summed E-state index contributed by atoms with van der Waals surface area (Å²) >= 11 is 0. The Kier molecular flexibility index (Phi) is 9.39. The minimum Gasteiger partial charge on any atom is -0.504 e. The number of carbonyl (C=O) groups excluding carboxylic acids is 1. The fourth-order valence-electron chi connectivity index (χ4n) is 5.30. The summed E-state index contributed by atoms with van der Waals surface area (Å²) in [6.07, 6.45) is 5.74. The van der Waals surface area contributed by atoms with E-state index in [2.05, 4.69) is 16.4 Å². The molecule has 12 heteroatoms. The number of aromatic hydroxyl groups is 1. The zero-order valence-electron chi connectivity index (χ0n) is 24.2. The van der Waals surface area contributed by atoms with Crippen LogP contribution in [0.15, 0.2) is 65.2 Å². The number of carbonyl (C=O) groups is 1. The molecule has 0 radical (unpaired) electrons. The number of nitriles is 2. The molecule has 0 aliphatic carbocycles. The Labute approximate surface area is 258 Å². The van der Waals surface area contributed by atoms with Crippen LogP contribution >= 0.6 is 0 Å². The predicted molar refractivity (Wildman–Crippen MR) is 162 cm³/mol. The lowest BCUT2D eigenvalue weighted by Gasteiger charge is -2.34. The molecule has 1 saturated heterocycles. The van der Waals surface area contributed by atoms with Gasteiger partial charge in [-0.3, -0.25) is 10.0 Å². The van der Waals surface area contributed by atoms with Crippen molar-refractivity contribution >= 4 is 17.8 Å². The van der Waals surface area contributed by atoms with Gasteiger partial charge in [0.1, 0.15) is 40.9 Å². The van der Waals surface area contributed by atoms with Crippen LogP contribution in [0.1, 0.15) is 35.5 Å². The molecule has 11 nitrogen and oxygen atoms in total. The van der Waals surface area contributed by atoms with Crippen LogP contribution in [0.2, 0.25) is 0 Å². The van der Waals surface area contributed by atoms with Gasteiger partial charge in [-0.2, -0.15) is 10.5 Å². The Bertz CT molecular complexity index is 1830. The summed E-state index contributed by atoms with van der Waals surface area (Å²) in [5.74, 6) is 0.455. The summed E-state index contributed by atoms with van der Waals surface area (Å²) in [5.41, 5.74) is 3.57. The number of amides is 1. The maximum Gasteiger partial charge on any atom is 0.267 e. The van der Waals surface area contributed by atoms with E-state index in [0.717, 1.165) is 18.9 Å². The molecule has 0 saturated carbocycles. The molecule has 45 heavy (non-hydrogen) atoms. The summed E-state index contributed by atoms with van der Waals surface area (Å²) in [6, 6.07) is 16.8. The average molecular weight is 609 g/mol. The van der Waals surface area contributed by atoms with Crippen LogP contribution in [0.25, 0.3) is 28.3 Å². The maximum absolute atomic E-state index is 14.8. The fraction of sp³-hybridized carbons (Fsp3) is 0.212. The number of hydroxylamine groups is 1. The number of piperidine rings is 1. The molecule has 0 atom stereocenters. The Hall–Kier alpha value is -5.69. The number of aromatic nitrogens is 1. The zero-order valence-corrected chi connectivity index (χ0v) is 24.2. The van der Waals surface area contributed by atoms with E-state index >= 15 is 0 Å². The number of benzene rings is 2. The highest BCUT2D eigenvalue weighted by molar-refractivity contribution is 5.91. The van der Waals surface area contributed by atoms with Crippen molar-refractivity contribution in [1.82, 2.24) is 15.8 Å². The van der Waals surface area contributed by atoms with E-state index in [1.165, 1.54) is 36.9 Å². The summed E-state index contributed by atoms with van der Waals surface area (Å²) in [4.78, 5) is 17.9. The van der Waals surface area contributed by atoms with Crippen LogP contribution in [-0.2, 0) is 11.3 Å². The highest BCUT2D eigenvalue weighted by Crippen LogP contribution is 2.41. The van der Waals surface area contributed by atoms with E-state index in [4.69, 9.17) is 14.4 Å². The van der Waals surface area contributed by atoms with Crippen molar-refractivity contribution < 1.29 is 28.7 Å². The van der Waals surface area contributed by atoms with Crippen molar-refractivity contribution in [3.63, 3.8) is 0 Å². The van der Waals surface area contributed by atoms with Gasteiger partial charge in [0.2, 0.25) is 0 Å². The van der Waals surface area contributed by atoms with E-state index in [1.807, 2.05) is 11.0 Å². The summed E-state index contributed by atoms with van der Waals surface area (Å²) in [7, 11) is 1.44. The first-order valence-electron chi connectivity index (χ1n) is 14.0. The van der Waals surface area contributed by atoms with Crippen molar-refractivity contribution in [2.45, 2.75) is 25.4 Å². The first-order valence-corrected chi connectivity index (χ1v) is 14.0. The lowest BCUT2D eigenvalue weighted by atomic mass is 9.91. The van der Waals surface area contributed by atoms with Crippen LogP contribution in [-0.4, -0.2) is 47.4 Å². The number of phenols is 1. The van der Waals surface area contributed by atoms with Crippen LogP contribution < -0.4 is 20.4 Å². The molecule has 2 aromatic heterocycles. The molecule has 1 aliphatic heterocycles. The molecular formula is C33H29FN6O5. The zero-order chi connectivity index (χ0) is 31.9. The maximum atomic E-state index is 14.8. The van der Waals surface area contributed by atoms with E-state index < -0.39 is 11.7 Å². The number of pyridine rings is 1. The van der Waals surface area contributed by atoms with Gasteiger partial charge >= 0.3 is 0 Å². The Morgan fingerprint density at radius 2 is 1.93 bits per heavy atom. The lowest BCUT2D eigenvalue weighted by molar-refractivity contribution is -0.124. The average Bonchev–Trinajstić information content (AvgIpc) is 3.53. The van der Waals surface area contributed by atoms with Gasteiger partial charge in [-0.05, 0) is 66.4 Å². The standard InChI is InChI=1S/C33H29FN6O5/c1-44-30-8-4-20(15-29(30)41)27-19-38-33(26(17-36)32(27)21-2-3-22(16-35)28(34)14-21)40-12-10-23(11-13-40)37-18-25-6-5-24(45-25)7-9-31(42)39-43/h2-9,14-15,19,23,37,41,43H,10-13,18H2,1H3,(H,39,42)/b9-7+. The minimum atomic E-state index is -0.706. The van der Waals surface area contributed by atoms with Gasteiger partial charge in [-0.25, -0.2) is 14.9 Å². The van der Waals surface area contributed by atoms with Crippen molar-refractivity contribution in [1.29, 1.82) is 10.5 Å².